The molecule has 1 aliphatic carbocycles. The molecule has 0 saturated heterocycles. The number of likely N-dealkylation sites (N-methyl/N-ethyl adjacent to an activating group) is 1. The van der Waals surface area contributed by atoms with Crippen LogP contribution in [0.5, 0.6) is 0 Å². The quantitative estimate of drug-likeness (QED) is 0.521. The topological polar surface area (TPSA) is 88.3 Å². The first-order chi connectivity index (χ1) is 15.9. The zero-order chi connectivity index (χ0) is 25.1. The van der Waals surface area contributed by atoms with Gasteiger partial charge in [-0.1, -0.05) is 23.7 Å². The molecule has 1 aromatic carbocycles. The van der Waals surface area contributed by atoms with Gasteiger partial charge in [-0.3, -0.25) is 14.6 Å². The van der Waals surface area contributed by atoms with E-state index in [-0.39, 0.29) is 31.8 Å². The second-order valence-corrected chi connectivity index (χ2v) is 9.40. The zero-order valence-electron chi connectivity index (χ0n) is 19.0. The Hall–Kier alpha value is -2.65. The van der Waals surface area contributed by atoms with Gasteiger partial charge >= 0.3 is 6.18 Å². The fourth-order valence-corrected chi connectivity index (χ4v) is 4.48. The highest BCUT2D eigenvalue weighted by Crippen LogP contribution is 2.66. The van der Waals surface area contributed by atoms with Gasteiger partial charge in [0.2, 0.25) is 11.8 Å². The molecule has 0 aliphatic heterocycles. The van der Waals surface area contributed by atoms with Crippen molar-refractivity contribution in [3.8, 4) is 0 Å². The average Bonchev–Trinajstić information content (AvgIpc) is 3.58. The summed E-state index contributed by atoms with van der Waals surface area (Å²) >= 11 is 6.30. The van der Waals surface area contributed by atoms with E-state index in [1.54, 1.807) is 24.3 Å². The minimum absolute atomic E-state index is 0.00343. The van der Waals surface area contributed by atoms with E-state index in [9.17, 15) is 22.8 Å². The maximum atomic E-state index is 13.9. The van der Waals surface area contributed by atoms with Crippen LogP contribution in [-0.2, 0) is 11.2 Å². The Morgan fingerprint density at radius 2 is 1.97 bits per heavy atom. The summed E-state index contributed by atoms with van der Waals surface area (Å²) in [6.07, 6.45) is -1.30. The van der Waals surface area contributed by atoms with Gasteiger partial charge in [0.1, 0.15) is 0 Å². The lowest BCUT2D eigenvalue weighted by Gasteiger charge is -2.30. The number of carbonyl (C=O) groups is 2. The largest absolute Gasteiger partial charge is 0.395 e. The molecule has 0 radical (unpaired) electrons. The van der Waals surface area contributed by atoms with Crippen LogP contribution in [0.2, 0.25) is 5.02 Å². The van der Waals surface area contributed by atoms with E-state index < -0.39 is 29.3 Å². The van der Waals surface area contributed by atoms with Crippen molar-refractivity contribution in [2.45, 2.75) is 43.8 Å². The number of carbonyl (C=O) groups excluding carboxylic acids is 2. The number of hydrogen-bond acceptors (Lipinski definition) is 4. The Morgan fingerprint density at radius 1 is 1.26 bits per heavy atom. The zero-order valence-corrected chi connectivity index (χ0v) is 19.8. The number of halogens is 4. The van der Waals surface area contributed by atoms with E-state index in [2.05, 4.69) is 10.3 Å². The van der Waals surface area contributed by atoms with E-state index in [0.717, 1.165) is 5.56 Å². The molecule has 3 N–H and O–H groups in total. The lowest BCUT2D eigenvalue weighted by molar-refractivity contribution is -0.194. The number of aromatic nitrogens is 1. The van der Waals surface area contributed by atoms with Gasteiger partial charge in [-0.2, -0.15) is 13.2 Å². The van der Waals surface area contributed by atoms with Crippen molar-refractivity contribution in [3.63, 3.8) is 0 Å². The highest BCUT2D eigenvalue weighted by Gasteiger charge is 2.67. The summed E-state index contributed by atoms with van der Waals surface area (Å²) in [5.41, 5.74) is 4.87. The second kappa shape index (κ2) is 10.3. The van der Waals surface area contributed by atoms with Crippen LogP contribution in [0.15, 0.2) is 42.7 Å². The number of nitrogens with two attached hydrogens (primary N) is 1. The van der Waals surface area contributed by atoms with Crippen LogP contribution >= 0.6 is 11.6 Å². The van der Waals surface area contributed by atoms with Crippen LogP contribution in [0.25, 0.3) is 0 Å². The van der Waals surface area contributed by atoms with Crippen molar-refractivity contribution in [1.29, 1.82) is 0 Å². The molecule has 2 amide bonds. The normalized spacial score (nSPS) is 16.7. The highest BCUT2D eigenvalue weighted by molar-refractivity contribution is 6.31. The molecule has 2 aromatic rings. The SMILES string of the molecule is CN(C)[C@H](CNC(=O)C[C@H](c1cccnc1)C1(C(F)(F)F)CC1)Cc1ccc(C(N)=O)cc1Cl. The van der Waals surface area contributed by atoms with Gasteiger partial charge in [0.25, 0.3) is 0 Å². The first kappa shape index (κ1) is 26.0. The fourth-order valence-electron chi connectivity index (χ4n) is 4.23. The van der Waals surface area contributed by atoms with Gasteiger partial charge in [-0.15, -0.1) is 0 Å². The van der Waals surface area contributed by atoms with Gasteiger partial charge in [0.15, 0.2) is 0 Å². The molecular weight excluding hydrogens is 469 g/mol. The van der Waals surface area contributed by atoms with Gasteiger partial charge in [-0.05, 0) is 62.7 Å². The van der Waals surface area contributed by atoms with Crippen LogP contribution in [0.4, 0.5) is 13.2 Å². The number of amides is 2. The Balaban J connectivity index is 1.69. The lowest BCUT2D eigenvalue weighted by Crippen LogP contribution is -2.42. The second-order valence-electron chi connectivity index (χ2n) is 8.99. The smallest absolute Gasteiger partial charge is 0.366 e. The molecule has 1 aromatic heterocycles. The number of nitrogens with zero attached hydrogens (tertiary/aromatic N) is 2. The molecule has 0 unspecified atom stereocenters. The van der Waals surface area contributed by atoms with Crippen molar-refractivity contribution in [2.24, 2.45) is 11.1 Å². The Labute approximate surface area is 201 Å². The van der Waals surface area contributed by atoms with Gasteiger partial charge in [0, 0.05) is 47.9 Å². The van der Waals surface area contributed by atoms with Crippen molar-refractivity contribution in [3.05, 3.63) is 64.4 Å². The van der Waals surface area contributed by atoms with Crippen molar-refractivity contribution < 1.29 is 22.8 Å². The molecule has 2 atom stereocenters. The monoisotopic (exact) mass is 496 g/mol. The van der Waals surface area contributed by atoms with Crippen LogP contribution in [-0.4, -0.2) is 54.6 Å². The Kier molecular flexibility index (Phi) is 7.88. The van der Waals surface area contributed by atoms with E-state index in [1.165, 1.54) is 18.5 Å². The summed E-state index contributed by atoms with van der Waals surface area (Å²) in [4.78, 5) is 30.0. The Morgan fingerprint density at radius 3 is 2.47 bits per heavy atom. The number of nitrogens with one attached hydrogen (secondary N) is 1. The predicted molar refractivity (Wildman–Crippen MR) is 123 cm³/mol. The average molecular weight is 497 g/mol. The van der Waals surface area contributed by atoms with Gasteiger partial charge in [-0.25, -0.2) is 0 Å². The number of hydrogen-bond donors (Lipinski definition) is 2. The number of alkyl halides is 3. The molecule has 1 aliphatic rings. The number of benzene rings is 1. The molecule has 0 bridgehead atoms. The summed E-state index contributed by atoms with van der Waals surface area (Å²) in [7, 11) is 3.67. The third-order valence-electron chi connectivity index (χ3n) is 6.55. The summed E-state index contributed by atoms with van der Waals surface area (Å²) < 4.78 is 41.6. The van der Waals surface area contributed by atoms with Gasteiger partial charge < -0.3 is 16.0 Å². The summed E-state index contributed by atoms with van der Waals surface area (Å²) in [5, 5.41) is 3.18. The summed E-state index contributed by atoms with van der Waals surface area (Å²) in [6, 6.07) is 7.79. The van der Waals surface area contributed by atoms with Crippen molar-refractivity contribution >= 4 is 23.4 Å². The van der Waals surface area contributed by atoms with E-state index in [1.807, 2.05) is 19.0 Å². The van der Waals surface area contributed by atoms with Crippen molar-refractivity contribution in [1.82, 2.24) is 15.2 Å². The molecule has 1 saturated carbocycles. The third kappa shape index (κ3) is 5.88. The van der Waals surface area contributed by atoms with Crippen LogP contribution in [0, 0.1) is 5.41 Å². The van der Waals surface area contributed by atoms with E-state index in [0.29, 0.717) is 22.6 Å². The summed E-state index contributed by atoms with van der Waals surface area (Å²) in [5.74, 6) is -2.03. The molecule has 34 heavy (non-hydrogen) atoms. The number of primary amides is 1. The predicted octanol–water partition coefficient (Wildman–Crippen LogP) is 3.94. The molecule has 1 fully saturated rings. The molecule has 6 nitrogen and oxygen atoms in total. The van der Waals surface area contributed by atoms with Gasteiger partial charge in [0.05, 0.1) is 5.41 Å². The lowest BCUT2D eigenvalue weighted by atomic mass is 9.80. The molecule has 10 heteroatoms. The Bertz CT molecular complexity index is 1030. The third-order valence-corrected chi connectivity index (χ3v) is 6.91. The minimum Gasteiger partial charge on any atom is -0.366 e. The maximum absolute atomic E-state index is 13.9. The minimum atomic E-state index is -4.40. The van der Waals surface area contributed by atoms with E-state index >= 15 is 0 Å². The highest BCUT2D eigenvalue weighted by atomic mass is 35.5. The molecular formula is C24H28ClF3N4O2. The molecule has 0 spiro atoms. The summed E-state index contributed by atoms with van der Waals surface area (Å²) in [6.45, 7) is 0.221. The molecule has 1 heterocycles. The van der Waals surface area contributed by atoms with Crippen LogP contribution in [0.1, 0.15) is 46.7 Å². The molecule has 184 valence electrons. The standard InChI is InChI=1S/C24H28ClF3N4O2/c1-32(2)18(10-15-5-6-16(22(29)34)11-20(15)25)14-31-21(33)12-19(17-4-3-9-30-13-17)23(7-8-23)24(26,27)28/h3-6,9,11,13,18-19H,7-8,10,12,14H2,1-2H3,(H2,29,34)(H,31,33)/t18-,19+/m0/s1. The molecule has 3 rings (SSSR count). The first-order valence-corrected chi connectivity index (χ1v) is 11.3. The number of pyridine rings is 1. The van der Waals surface area contributed by atoms with E-state index in [4.69, 9.17) is 17.3 Å². The fraction of sp³-hybridized carbons (Fsp3) is 0.458. The first-order valence-electron chi connectivity index (χ1n) is 10.9. The number of rotatable bonds is 10. The van der Waals surface area contributed by atoms with Crippen LogP contribution in [0.3, 0.4) is 0 Å². The maximum Gasteiger partial charge on any atom is 0.395 e. The van der Waals surface area contributed by atoms with Crippen LogP contribution < -0.4 is 11.1 Å². The van der Waals surface area contributed by atoms with Crippen molar-refractivity contribution in [2.75, 3.05) is 20.6 Å².